The number of hydrogen-bond acceptors (Lipinski definition) is 2. The van der Waals surface area contributed by atoms with Crippen molar-refractivity contribution in [1.82, 2.24) is 9.55 Å². The van der Waals surface area contributed by atoms with Gasteiger partial charge in [0.15, 0.2) is 11.6 Å². The fourth-order valence-electron chi connectivity index (χ4n) is 1.77. The van der Waals surface area contributed by atoms with Crippen LogP contribution in [0.15, 0.2) is 24.3 Å². The molecule has 1 aromatic heterocycles. The van der Waals surface area contributed by atoms with E-state index in [1.165, 1.54) is 12.8 Å². The van der Waals surface area contributed by atoms with E-state index >= 15 is 0 Å². The van der Waals surface area contributed by atoms with Crippen molar-refractivity contribution in [3.63, 3.8) is 0 Å². The molecule has 0 bridgehead atoms. The Morgan fingerprint density at radius 3 is 1.95 bits per heavy atom. The average molecular weight is 306 g/mol. The molecule has 0 aliphatic rings. The molecule has 1 aromatic carbocycles. The van der Waals surface area contributed by atoms with Gasteiger partial charge in [0.2, 0.25) is 0 Å². The summed E-state index contributed by atoms with van der Waals surface area (Å²) < 4.78 is 1.97. The van der Waals surface area contributed by atoms with Gasteiger partial charge in [-0.3, -0.25) is 4.79 Å². The largest absolute Gasteiger partial charge is 0.322 e. The second kappa shape index (κ2) is 13.1. The lowest BCUT2D eigenvalue weighted by Crippen LogP contribution is -2.08. The van der Waals surface area contributed by atoms with Crippen molar-refractivity contribution in [2.75, 3.05) is 0 Å². The molecule has 126 valence electrons. The number of aromatic nitrogens is 2. The minimum absolute atomic E-state index is 0. The molecule has 0 saturated carbocycles. The summed E-state index contributed by atoms with van der Waals surface area (Å²) in [4.78, 5) is 16.0. The van der Waals surface area contributed by atoms with Crippen LogP contribution >= 0.6 is 0 Å². The highest BCUT2D eigenvalue weighted by Gasteiger charge is 2.14. The predicted molar refractivity (Wildman–Crippen MR) is 98.7 cm³/mol. The predicted octanol–water partition coefficient (Wildman–Crippen LogP) is 6.12. The van der Waals surface area contributed by atoms with E-state index in [0.717, 1.165) is 17.6 Å². The monoisotopic (exact) mass is 306 g/mol. The molecular formula is C19H34N2O. The minimum Gasteiger partial charge on any atom is -0.322 e. The Kier molecular flexibility index (Phi) is 13.4. The van der Waals surface area contributed by atoms with Crippen LogP contribution < -0.4 is 0 Å². The first-order valence-corrected chi connectivity index (χ1v) is 8.09. The van der Waals surface area contributed by atoms with Crippen LogP contribution in [-0.2, 0) is 6.54 Å². The summed E-state index contributed by atoms with van der Waals surface area (Å²) in [6.45, 7) is 13.2. The van der Waals surface area contributed by atoms with Gasteiger partial charge in [-0.25, -0.2) is 4.98 Å². The number of carbonyl (C=O) groups excluding carboxylic acids is 1. The zero-order valence-corrected chi connectivity index (χ0v) is 14.4. The van der Waals surface area contributed by atoms with E-state index in [2.05, 4.69) is 32.7 Å². The van der Waals surface area contributed by atoms with Crippen LogP contribution in [0.25, 0.3) is 11.0 Å². The first-order valence-electron chi connectivity index (χ1n) is 8.09. The first-order chi connectivity index (χ1) is 10.1. The Morgan fingerprint density at radius 2 is 1.50 bits per heavy atom. The number of nitrogens with zero attached hydrogens (tertiary/aromatic N) is 2. The van der Waals surface area contributed by atoms with Crippen LogP contribution in [0.1, 0.15) is 78.9 Å². The third-order valence-corrected chi connectivity index (χ3v) is 2.54. The van der Waals surface area contributed by atoms with Crippen LogP contribution in [-0.4, -0.2) is 15.3 Å². The number of rotatable bonds is 3. The lowest BCUT2D eigenvalue weighted by atomic mass is 10.3. The number of hydrogen-bond donors (Lipinski definition) is 0. The van der Waals surface area contributed by atoms with Crippen molar-refractivity contribution in [2.24, 2.45) is 0 Å². The van der Waals surface area contributed by atoms with Crippen molar-refractivity contribution in [3.8, 4) is 0 Å². The van der Waals surface area contributed by atoms with Gasteiger partial charge in [-0.1, -0.05) is 67.0 Å². The molecule has 0 spiro atoms. The Morgan fingerprint density at radius 1 is 1.00 bits per heavy atom. The maximum Gasteiger partial charge on any atom is 0.198 e. The summed E-state index contributed by atoms with van der Waals surface area (Å²) in [5.74, 6) is 0.689. The van der Waals surface area contributed by atoms with Crippen molar-refractivity contribution in [3.05, 3.63) is 30.1 Å². The number of ketones is 1. The third kappa shape index (κ3) is 6.42. The second-order valence-corrected chi connectivity index (χ2v) is 4.86. The first kappa shape index (κ1) is 22.6. The normalized spacial score (nSPS) is 9.00. The lowest BCUT2D eigenvalue weighted by Gasteiger charge is -2.03. The zero-order chi connectivity index (χ0) is 16.3. The maximum atomic E-state index is 11.7. The number of benzene rings is 1. The molecule has 3 heteroatoms. The lowest BCUT2D eigenvalue weighted by molar-refractivity contribution is 0.0974. The van der Waals surface area contributed by atoms with E-state index in [4.69, 9.17) is 0 Å². The minimum atomic E-state index is 0. The van der Waals surface area contributed by atoms with E-state index in [0.29, 0.717) is 12.2 Å². The highest BCUT2D eigenvalue weighted by Crippen LogP contribution is 2.16. The van der Waals surface area contributed by atoms with E-state index < -0.39 is 0 Å². The van der Waals surface area contributed by atoms with Gasteiger partial charge in [-0.2, -0.15) is 0 Å². The topological polar surface area (TPSA) is 34.9 Å². The highest BCUT2D eigenvalue weighted by atomic mass is 16.1. The summed E-state index contributed by atoms with van der Waals surface area (Å²) in [7, 11) is 0. The van der Waals surface area contributed by atoms with Crippen molar-refractivity contribution < 1.29 is 4.79 Å². The van der Waals surface area contributed by atoms with Gasteiger partial charge < -0.3 is 4.57 Å². The molecule has 0 fully saturated rings. The molecule has 2 rings (SSSR count). The van der Waals surface area contributed by atoms with Gasteiger partial charge in [0.25, 0.3) is 0 Å². The average Bonchev–Trinajstić information content (AvgIpc) is 2.86. The fourth-order valence-corrected chi connectivity index (χ4v) is 1.77. The van der Waals surface area contributed by atoms with Gasteiger partial charge in [0.05, 0.1) is 11.0 Å². The number of imidazole rings is 1. The Hall–Kier alpha value is -1.64. The molecule has 1 heterocycles. The fraction of sp³-hybridized carbons (Fsp3) is 0.579. The standard InChI is InChI=1S/C12H14N2O.2C3H8.CH4/c1-3-11(15)12-13-9-7-5-6-8-10(9)14(12)4-2;2*1-3-2;/h5-8H,3-4H2,1-2H3;2*3H2,1-2H3;1H4. The van der Waals surface area contributed by atoms with Crippen LogP contribution in [0.2, 0.25) is 0 Å². The zero-order valence-electron chi connectivity index (χ0n) is 14.4. The number of fused-ring (bicyclic) bond motifs is 1. The molecule has 0 amide bonds. The van der Waals surface area contributed by atoms with Crippen molar-refractivity contribution >= 4 is 16.8 Å². The number of aryl methyl sites for hydroxylation is 1. The highest BCUT2D eigenvalue weighted by molar-refractivity contribution is 5.96. The Bertz CT molecular complexity index is 527. The molecule has 0 aliphatic heterocycles. The van der Waals surface area contributed by atoms with Gasteiger partial charge in [0, 0.05) is 13.0 Å². The summed E-state index contributed by atoms with van der Waals surface area (Å²) in [5.41, 5.74) is 1.94. The van der Waals surface area contributed by atoms with Gasteiger partial charge >= 0.3 is 0 Å². The Balaban J connectivity index is 0. The summed E-state index contributed by atoms with van der Waals surface area (Å²) >= 11 is 0. The number of Topliss-reactive ketones (excluding diaryl/α,β-unsaturated/α-hetero) is 1. The number of carbonyl (C=O) groups is 1. The molecule has 0 atom stereocenters. The van der Waals surface area contributed by atoms with Gasteiger partial charge in [-0.15, -0.1) is 0 Å². The van der Waals surface area contributed by atoms with E-state index in [9.17, 15) is 4.79 Å². The third-order valence-electron chi connectivity index (χ3n) is 2.54. The van der Waals surface area contributed by atoms with Gasteiger partial charge in [0.1, 0.15) is 0 Å². The molecule has 0 N–H and O–H groups in total. The number of para-hydroxylation sites is 2. The van der Waals surface area contributed by atoms with Crippen LogP contribution in [0.5, 0.6) is 0 Å². The van der Waals surface area contributed by atoms with Crippen LogP contribution in [0.4, 0.5) is 0 Å². The van der Waals surface area contributed by atoms with Crippen molar-refractivity contribution in [1.29, 1.82) is 0 Å². The quantitative estimate of drug-likeness (QED) is 0.640. The van der Waals surface area contributed by atoms with Crippen LogP contribution in [0, 0.1) is 0 Å². The van der Waals surface area contributed by atoms with E-state index in [1.807, 2.05) is 42.7 Å². The van der Waals surface area contributed by atoms with E-state index in [1.54, 1.807) is 0 Å². The molecule has 0 unspecified atom stereocenters. The van der Waals surface area contributed by atoms with Crippen LogP contribution in [0.3, 0.4) is 0 Å². The molecule has 2 aromatic rings. The summed E-state index contributed by atoms with van der Waals surface area (Å²) in [6.07, 6.45) is 3.00. The molecular weight excluding hydrogens is 272 g/mol. The summed E-state index contributed by atoms with van der Waals surface area (Å²) in [5, 5.41) is 0. The Labute approximate surface area is 136 Å². The van der Waals surface area contributed by atoms with E-state index in [-0.39, 0.29) is 13.2 Å². The molecule has 22 heavy (non-hydrogen) atoms. The molecule has 0 saturated heterocycles. The molecule has 3 nitrogen and oxygen atoms in total. The van der Waals surface area contributed by atoms with Crippen molar-refractivity contribution in [2.45, 2.75) is 74.8 Å². The van der Waals surface area contributed by atoms with Gasteiger partial charge in [-0.05, 0) is 19.1 Å². The molecule has 0 aliphatic carbocycles. The summed E-state index contributed by atoms with van der Waals surface area (Å²) in [6, 6.07) is 7.85. The smallest absolute Gasteiger partial charge is 0.198 e. The maximum absolute atomic E-state index is 11.7. The SMILES string of the molecule is C.CCC.CCC.CCC(=O)c1nc2ccccc2n1CC. The molecule has 0 radical (unpaired) electrons. The second-order valence-electron chi connectivity index (χ2n) is 4.86.